The van der Waals surface area contributed by atoms with E-state index in [1.807, 2.05) is 12.1 Å². The van der Waals surface area contributed by atoms with Crippen LogP contribution in [0.15, 0.2) is 42.7 Å². The van der Waals surface area contributed by atoms with Crippen molar-refractivity contribution in [3.05, 3.63) is 65.2 Å². The van der Waals surface area contributed by atoms with Gasteiger partial charge >= 0.3 is 0 Å². The Labute approximate surface area is 112 Å². The molecule has 0 fully saturated rings. The van der Waals surface area contributed by atoms with Crippen molar-refractivity contribution in [2.45, 2.75) is 25.8 Å². The molecule has 1 atom stereocenters. The molecule has 2 aromatic rings. The fourth-order valence-electron chi connectivity index (χ4n) is 2.19. The summed E-state index contributed by atoms with van der Waals surface area (Å²) in [6, 6.07) is 9.65. The molecular formula is C15H18FN3. The van der Waals surface area contributed by atoms with Crippen LogP contribution in [0, 0.1) is 12.7 Å². The predicted octanol–water partition coefficient (Wildman–Crippen LogP) is 2.67. The van der Waals surface area contributed by atoms with Gasteiger partial charge in [-0.15, -0.1) is 0 Å². The average Bonchev–Trinajstić information content (AvgIpc) is 2.43. The molecule has 0 spiro atoms. The second kappa shape index (κ2) is 6.41. The van der Waals surface area contributed by atoms with Crippen LogP contribution in [0.4, 0.5) is 4.39 Å². The van der Waals surface area contributed by atoms with Crippen LogP contribution in [0.1, 0.15) is 29.2 Å². The minimum atomic E-state index is -0.324. The number of nitrogens with two attached hydrogens (primary N) is 1. The molecule has 19 heavy (non-hydrogen) atoms. The van der Waals surface area contributed by atoms with E-state index in [-0.39, 0.29) is 11.9 Å². The Morgan fingerprint density at radius 1 is 1.32 bits per heavy atom. The van der Waals surface area contributed by atoms with Crippen LogP contribution in [-0.2, 0) is 6.42 Å². The van der Waals surface area contributed by atoms with Gasteiger partial charge in [0.2, 0.25) is 0 Å². The third-order valence-corrected chi connectivity index (χ3v) is 3.34. The summed E-state index contributed by atoms with van der Waals surface area (Å²) in [6.45, 7) is 2.08. The molecule has 0 aliphatic heterocycles. The van der Waals surface area contributed by atoms with Crippen LogP contribution < -0.4 is 11.3 Å². The SMILES string of the molecule is Cc1ccccc1CCC(NN)c1ccncc1F. The van der Waals surface area contributed by atoms with E-state index in [4.69, 9.17) is 5.84 Å². The van der Waals surface area contributed by atoms with Gasteiger partial charge < -0.3 is 0 Å². The number of aryl methyl sites for hydroxylation is 2. The van der Waals surface area contributed by atoms with E-state index in [0.29, 0.717) is 5.56 Å². The monoisotopic (exact) mass is 259 g/mol. The predicted molar refractivity (Wildman–Crippen MR) is 73.8 cm³/mol. The first-order valence-electron chi connectivity index (χ1n) is 6.32. The molecule has 4 heteroatoms. The molecule has 1 aromatic carbocycles. The van der Waals surface area contributed by atoms with Crippen molar-refractivity contribution in [2.24, 2.45) is 5.84 Å². The quantitative estimate of drug-likeness (QED) is 0.641. The summed E-state index contributed by atoms with van der Waals surface area (Å²) < 4.78 is 13.7. The fraction of sp³-hybridized carbons (Fsp3) is 0.267. The standard InChI is InChI=1S/C15H18FN3/c1-11-4-2-3-5-12(11)6-7-15(19-17)13-8-9-18-10-14(13)16/h2-5,8-10,15,19H,6-7,17H2,1H3. The molecule has 1 unspecified atom stereocenters. The van der Waals surface area contributed by atoms with Gasteiger partial charge in [-0.25, -0.2) is 4.39 Å². The number of aromatic nitrogens is 1. The summed E-state index contributed by atoms with van der Waals surface area (Å²) in [5.41, 5.74) is 5.75. The Balaban J connectivity index is 2.09. The van der Waals surface area contributed by atoms with Gasteiger partial charge in [0.05, 0.1) is 6.20 Å². The molecule has 0 bridgehead atoms. The summed E-state index contributed by atoms with van der Waals surface area (Å²) in [6.07, 6.45) is 4.38. The van der Waals surface area contributed by atoms with Gasteiger partial charge in [-0.05, 0) is 37.0 Å². The Morgan fingerprint density at radius 3 is 2.79 bits per heavy atom. The Bertz CT molecular complexity index is 542. The normalized spacial score (nSPS) is 12.4. The lowest BCUT2D eigenvalue weighted by Gasteiger charge is -2.17. The largest absolute Gasteiger partial charge is 0.271 e. The second-order valence-corrected chi connectivity index (χ2v) is 4.58. The second-order valence-electron chi connectivity index (χ2n) is 4.58. The summed E-state index contributed by atoms with van der Waals surface area (Å²) in [7, 11) is 0. The highest BCUT2D eigenvalue weighted by Gasteiger charge is 2.14. The van der Waals surface area contributed by atoms with Gasteiger partial charge in [-0.2, -0.15) is 0 Å². The van der Waals surface area contributed by atoms with Crippen LogP contribution in [0.2, 0.25) is 0 Å². The van der Waals surface area contributed by atoms with Crippen molar-refractivity contribution in [2.75, 3.05) is 0 Å². The number of hydrogen-bond acceptors (Lipinski definition) is 3. The van der Waals surface area contributed by atoms with Gasteiger partial charge in [-0.1, -0.05) is 24.3 Å². The molecule has 0 aliphatic carbocycles. The van der Waals surface area contributed by atoms with Gasteiger partial charge in [-0.3, -0.25) is 16.3 Å². The van der Waals surface area contributed by atoms with Gasteiger partial charge in [0, 0.05) is 17.8 Å². The molecule has 0 aliphatic rings. The molecule has 0 radical (unpaired) electrons. The number of pyridine rings is 1. The van der Waals surface area contributed by atoms with E-state index in [1.54, 1.807) is 12.3 Å². The smallest absolute Gasteiger partial charge is 0.146 e. The van der Waals surface area contributed by atoms with Gasteiger partial charge in [0.25, 0.3) is 0 Å². The van der Waals surface area contributed by atoms with Gasteiger partial charge in [0.15, 0.2) is 0 Å². The fourth-order valence-corrected chi connectivity index (χ4v) is 2.19. The number of benzene rings is 1. The minimum Gasteiger partial charge on any atom is -0.271 e. The molecule has 0 amide bonds. The van der Waals surface area contributed by atoms with Gasteiger partial charge in [0.1, 0.15) is 5.82 Å². The third kappa shape index (κ3) is 3.36. The maximum atomic E-state index is 13.7. The van der Waals surface area contributed by atoms with Crippen molar-refractivity contribution in [3.8, 4) is 0 Å². The Kier molecular flexibility index (Phi) is 4.60. The first-order valence-corrected chi connectivity index (χ1v) is 6.32. The highest BCUT2D eigenvalue weighted by molar-refractivity contribution is 5.26. The summed E-state index contributed by atoms with van der Waals surface area (Å²) in [5, 5.41) is 0. The number of halogens is 1. The lowest BCUT2D eigenvalue weighted by Crippen LogP contribution is -2.29. The highest BCUT2D eigenvalue weighted by atomic mass is 19.1. The number of hydrogen-bond donors (Lipinski definition) is 2. The van der Waals surface area contributed by atoms with Crippen LogP contribution in [-0.4, -0.2) is 4.98 Å². The van der Waals surface area contributed by atoms with Crippen LogP contribution in [0.5, 0.6) is 0 Å². The topological polar surface area (TPSA) is 50.9 Å². The zero-order valence-electron chi connectivity index (χ0n) is 10.9. The molecule has 3 nitrogen and oxygen atoms in total. The highest BCUT2D eigenvalue weighted by Crippen LogP contribution is 2.21. The maximum Gasteiger partial charge on any atom is 0.146 e. The van der Waals surface area contributed by atoms with E-state index < -0.39 is 0 Å². The zero-order chi connectivity index (χ0) is 13.7. The Morgan fingerprint density at radius 2 is 2.11 bits per heavy atom. The minimum absolute atomic E-state index is 0.206. The van der Waals surface area contributed by atoms with E-state index in [2.05, 4.69) is 29.5 Å². The average molecular weight is 259 g/mol. The van der Waals surface area contributed by atoms with E-state index >= 15 is 0 Å². The maximum absolute atomic E-state index is 13.7. The molecule has 0 saturated carbocycles. The van der Waals surface area contributed by atoms with Crippen molar-refractivity contribution >= 4 is 0 Å². The molecular weight excluding hydrogens is 241 g/mol. The van der Waals surface area contributed by atoms with Crippen LogP contribution >= 0.6 is 0 Å². The lowest BCUT2D eigenvalue weighted by atomic mass is 9.97. The first-order chi connectivity index (χ1) is 9.22. The van der Waals surface area contributed by atoms with Crippen molar-refractivity contribution in [1.82, 2.24) is 10.4 Å². The van der Waals surface area contributed by atoms with Crippen LogP contribution in [0.3, 0.4) is 0 Å². The molecule has 100 valence electrons. The summed E-state index contributed by atoms with van der Waals surface area (Å²) >= 11 is 0. The molecule has 1 heterocycles. The number of hydrazine groups is 1. The molecule has 2 rings (SSSR count). The van der Waals surface area contributed by atoms with Crippen molar-refractivity contribution < 1.29 is 4.39 Å². The number of nitrogens with zero attached hydrogens (tertiary/aromatic N) is 1. The first kappa shape index (κ1) is 13.6. The summed E-state index contributed by atoms with van der Waals surface area (Å²) in [4.78, 5) is 3.75. The molecule has 3 N–H and O–H groups in total. The lowest BCUT2D eigenvalue weighted by molar-refractivity contribution is 0.483. The number of nitrogens with one attached hydrogen (secondary N) is 1. The van der Waals surface area contributed by atoms with Crippen molar-refractivity contribution in [3.63, 3.8) is 0 Å². The van der Waals surface area contributed by atoms with Crippen molar-refractivity contribution in [1.29, 1.82) is 0 Å². The van der Waals surface area contributed by atoms with E-state index in [1.165, 1.54) is 17.3 Å². The third-order valence-electron chi connectivity index (χ3n) is 3.34. The molecule has 1 aromatic heterocycles. The van der Waals surface area contributed by atoms with Crippen LogP contribution in [0.25, 0.3) is 0 Å². The van der Waals surface area contributed by atoms with E-state index in [0.717, 1.165) is 12.8 Å². The zero-order valence-corrected chi connectivity index (χ0v) is 10.9. The summed E-state index contributed by atoms with van der Waals surface area (Å²) in [5.74, 6) is 5.21. The molecule has 0 saturated heterocycles. The van der Waals surface area contributed by atoms with E-state index in [9.17, 15) is 4.39 Å². The Hall–Kier alpha value is -1.78. The number of rotatable bonds is 5.